The molecule has 60 valence electrons. The summed E-state index contributed by atoms with van der Waals surface area (Å²) in [6.07, 6.45) is 1.74. The van der Waals surface area contributed by atoms with Crippen molar-refractivity contribution in [3.8, 4) is 0 Å². The predicted octanol–water partition coefficient (Wildman–Crippen LogP) is 1.38. The predicted molar refractivity (Wildman–Crippen MR) is 41.2 cm³/mol. The van der Waals surface area contributed by atoms with Gasteiger partial charge >= 0.3 is 0 Å². The molecule has 2 aliphatic rings. The first kappa shape index (κ1) is 8.28. The normalized spacial score (nSPS) is 44.7. The van der Waals surface area contributed by atoms with Crippen molar-refractivity contribution in [1.82, 2.24) is 5.32 Å². The maximum absolute atomic E-state index is 13.0. The number of fused-ring (bicyclic) bond motifs is 2. The second-order valence-electron chi connectivity index (χ2n) is 3.20. The largest absolute Gasteiger partial charge is 0.316 e. The highest BCUT2D eigenvalue weighted by molar-refractivity contribution is 5.85. The van der Waals surface area contributed by atoms with E-state index in [1.165, 1.54) is 0 Å². The fourth-order valence-corrected chi connectivity index (χ4v) is 2.01. The lowest BCUT2D eigenvalue weighted by Crippen LogP contribution is -2.39. The van der Waals surface area contributed by atoms with Crippen LogP contribution >= 0.6 is 12.4 Å². The first-order valence-corrected chi connectivity index (χ1v) is 3.72. The van der Waals surface area contributed by atoms with Gasteiger partial charge in [0.05, 0.1) is 0 Å². The number of hydrogen-bond acceptors (Lipinski definition) is 1. The number of rotatable bonds is 0. The highest BCUT2D eigenvalue weighted by Crippen LogP contribution is 2.35. The lowest BCUT2D eigenvalue weighted by atomic mass is 9.98. The maximum atomic E-state index is 13.0. The minimum Gasteiger partial charge on any atom is -0.316 e. The third-order valence-electron chi connectivity index (χ3n) is 2.62. The van der Waals surface area contributed by atoms with Crippen molar-refractivity contribution < 1.29 is 4.39 Å². The average Bonchev–Trinajstić information content (AvgIpc) is 2.19. The summed E-state index contributed by atoms with van der Waals surface area (Å²) in [5.74, 6) is 0.701. The van der Waals surface area contributed by atoms with Crippen molar-refractivity contribution in [2.24, 2.45) is 11.8 Å². The molecule has 2 bridgehead atoms. The minimum absolute atomic E-state index is 0. The molecule has 1 N–H and O–H groups in total. The van der Waals surface area contributed by atoms with E-state index in [0.717, 1.165) is 25.9 Å². The van der Waals surface area contributed by atoms with Gasteiger partial charge in [-0.05, 0) is 12.8 Å². The van der Waals surface area contributed by atoms with Crippen LogP contribution in [0, 0.1) is 11.8 Å². The summed E-state index contributed by atoms with van der Waals surface area (Å²) in [7, 11) is 0. The lowest BCUT2D eigenvalue weighted by molar-refractivity contribution is 0.169. The molecule has 1 heterocycles. The third kappa shape index (κ3) is 1.15. The zero-order valence-electron chi connectivity index (χ0n) is 5.85. The van der Waals surface area contributed by atoms with Gasteiger partial charge in [-0.3, -0.25) is 0 Å². The molecule has 2 atom stereocenters. The number of halogens is 2. The Morgan fingerprint density at radius 3 is 2.00 bits per heavy atom. The number of piperidine rings is 1. The van der Waals surface area contributed by atoms with Gasteiger partial charge in [0.2, 0.25) is 0 Å². The Balaban J connectivity index is 0.000000500. The lowest BCUT2D eigenvalue weighted by Gasteiger charge is -2.23. The average molecular weight is 166 g/mol. The monoisotopic (exact) mass is 165 g/mol. The van der Waals surface area contributed by atoms with E-state index in [9.17, 15) is 4.39 Å². The molecule has 2 unspecified atom stereocenters. The van der Waals surface area contributed by atoms with Gasteiger partial charge in [0, 0.05) is 24.9 Å². The van der Waals surface area contributed by atoms with Crippen LogP contribution in [0.2, 0.25) is 0 Å². The summed E-state index contributed by atoms with van der Waals surface area (Å²) >= 11 is 0. The van der Waals surface area contributed by atoms with Crippen molar-refractivity contribution in [3.05, 3.63) is 0 Å². The van der Waals surface area contributed by atoms with Crippen LogP contribution in [0.25, 0.3) is 0 Å². The fraction of sp³-hybridized carbons (Fsp3) is 1.00. The highest BCUT2D eigenvalue weighted by Gasteiger charge is 2.38. The molecule has 0 aromatic rings. The van der Waals surface area contributed by atoms with Gasteiger partial charge in [-0.25, -0.2) is 4.39 Å². The molecule has 2 fully saturated rings. The van der Waals surface area contributed by atoms with E-state index < -0.39 is 6.17 Å². The van der Waals surface area contributed by atoms with Crippen LogP contribution in [-0.4, -0.2) is 19.3 Å². The van der Waals surface area contributed by atoms with Crippen molar-refractivity contribution in [2.45, 2.75) is 19.0 Å². The molecule has 0 spiro atoms. The Hall–Kier alpha value is 0.180. The standard InChI is InChI=1S/C7H12FN.ClH/c8-7-5-1-2-6(7)4-9-3-5;/h5-7,9H,1-4H2;1H. The zero-order valence-corrected chi connectivity index (χ0v) is 6.66. The number of hydrogen-bond donors (Lipinski definition) is 1. The summed E-state index contributed by atoms with van der Waals surface area (Å²) in [5, 5.41) is 3.24. The molecule has 1 aliphatic carbocycles. The van der Waals surface area contributed by atoms with Gasteiger partial charge in [-0.15, -0.1) is 12.4 Å². The molecule has 3 heteroatoms. The smallest absolute Gasteiger partial charge is 0.108 e. The second kappa shape index (κ2) is 3.05. The SMILES string of the molecule is Cl.FC1C2CCC1CNC2. The Labute approximate surface area is 66.8 Å². The van der Waals surface area contributed by atoms with E-state index in [-0.39, 0.29) is 12.4 Å². The molecule has 0 amide bonds. The Morgan fingerprint density at radius 2 is 1.60 bits per heavy atom. The van der Waals surface area contributed by atoms with Crippen LogP contribution in [0.5, 0.6) is 0 Å². The van der Waals surface area contributed by atoms with Crippen LogP contribution in [0.15, 0.2) is 0 Å². The van der Waals surface area contributed by atoms with E-state index >= 15 is 0 Å². The Morgan fingerprint density at radius 1 is 1.10 bits per heavy atom. The second-order valence-corrected chi connectivity index (χ2v) is 3.20. The molecule has 10 heavy (non-hydrogen) atoms. The van der Waals surface area contributed by atoms with E-state index in [1.807, 2.05) is 0 Å². The van der Waals surface area contributed by atoms with Gasteiger partial charge in [0.1, 0.15) is 6.17 Å². The maximum Gasteiger partial charge on any atom is 0.108 e. The molecule has 0 aromatic heterocycles. The van der Waals surface area contributed by atoms with Crippen molar-refractivity contribution >= 4 is 12.4 Å². The number of nitrogens with one attached hydrogen (secondary N) is 1. The summed E-state index contributed by atoms with van der Waals surface area (Å²) in [6.45, 7) is 1.83. The molecule has 1 saturated heterocycles. The van der Waals surface area contributed by atoms with Crippen LogP contribution in [-0.2, 0) is 0 Å². The first-order chi connectivity index (χ1) is 4.38. The Kier molecular flexibility index (Phi) is 2.53. The summed E-state index contributed by atoms with van der Waals surface area (Å²) in [4.78, 5) is 0. The van der Waals surface area contributed by atoms with Gasteiger partial charge in [0.15, 0.2) is 0 Å². The summed E-state index contributed by atoms with van der Waals surface area (Å²) in [5.41, 5.74) is 0. The van der Waals surface area contributed by atoms with Crippen LogP contribution < -0.4 is 5.32 Å². The molecule has 2 rings (SSSR count). The summed E-state index contributed by atoms with van der Waals surface area (Å²) in [6, 6.07) is 0. The Bertz CT molecular complexity index is 104. The first-order valence-electron chi connectivity index (χ1n) is 3.72. The van der Waals surface area contributed by atoms with E-state index in [1.54, 1.807) is 0 Å². The molecule has 1 aliphatic heterocycles. The summed E-state index contributed by atoms with van der Waals surface area (Å²) < 4.78 is 13.0. The minimum atomic E-state index is -0.480. The molecular formula is C7H13ClFN. The van der Waals surface area contributed by atoms with Crippen LogP contribution in [0.4, 0.5) is 4.39 Å². The van der Waals surface area contributed by atoms with E-state index in [2.05, 4.69) is 5.32 Å². The third-order valence-corrected chi connectivity index (χ3v) is 2.62. The topological polar surface area (TPSA) is 12.0 Å². The molecule has 1 nitrogen and oxygen atoms in total. The molecule has 0 aromatic carbocycles. The number of alkyl halides is 1. The van der Waals surface area contributed by atoms with Crippen molar-refractivity contribution in [3.63, 3.8) is 0 Å². The fourth-order valence-electron chi connectivity index (χ4n) is 2.01. The van der Waals surface area contributed by atoms with Gasteiger partial charge in [-0.1, -0.05) is 0 Å². The van der Waals surface area contributed by atoms with E-state index in [0.29, 0.717) is 11.8 Å². The van der Waals surface area contributed by atoms with Crippen LogP contribution in [0.3, 0.4) is 0 Å². The van der Waals surface area contributed by atoms with Crippen molar-refractivity contribution in [1.29, 1.82) is 0 Å². The van der Waals surface area contributed by atoms with Gasteiger partial charge in [-0.2, -0.15) is 0 Å². The molecule has 1 saturated carbocycles. The van der Waals surface area contributed by atoms with Gasteiger partial charge in [0.25, 0.3) is 0 Å². The van der Waals surface area contributed by atoms with Crippen LogP contribution in [0.1, 0.15) is 12.8 Å². The highest BCUT2D eigenvalue weighted by atomic mass is 35.5. The molecule has 0 radical (unpaired) electrons. The molecular weight excluding hydrogens is 153 g/mol. The van der Waals surface area contributed by atoms with E-state index in [4.69, 9.17) is 0 Å². The van der Waals surface area contributed by atoms with Crippen molar-refractivity contribution in [2.75, 3.05) is 13.1 Å². The zero-order chi connectivity index (χ0) is 6.27. The van der Waals surface area contributed by atoms with Gasteiger partial charge < -0.3 is 5.32 Å². The quantitative estimate of drug-likeness (QED) is 0.572.